The second kappa shape index (κ2) is 8.59. The number of amides is 1. The van der Waals surface area contributed by atoms with Crippen LogP contribution in [0.15, 0.2) is 83.0 Å². The number of phenols is 1. The van der Waals surface area contributed by atoms with E-state index in [9.17, 15) is 14.7 Å². The van der Waals surface area contributed by atoms with Gasteiger partial charge in [0.2, 0.25) is 0 Å². The number of anilines is 1. The summed E-state index contributed by atoms with van der Waals surface area (Å²) in [5.74, 6) is -0.944. The summed E-state index contributed by atoms with van der Waals surface area (Å²) in [4.78, 5) is 29.0. The third kappa shape index (κ3) is 5.01. The minimum absolute atomic E-state index is 0.0691. The minimum Gasteiger partial charge on any atom is -0.508 e. The molecule has 28 heavy (non-hydrogen) atoms. The van der Waals surface area contributed by atoms with Crippen LogP contribution in [0, 0.1) is 6.92 Å². The average Bonchev–Trinajstić information content (AvgIpc) is 2.71. The first kappa shape index (κ1) is 18.8. The highest BCUT2D eigenvalue weighted by molar-refractivity contribution is 5.94. The van der Waals surface area contributed by atoms with Crippen LogP contribution in [0.5, 0.6) is 5.75 Å². The largest absolute Gasteiger partial charge is 0.508 e. The summed E-state index contributed by atoms with van der Waals surface area (Å²) in [7, 11) is 0. The molecule has 3 aromatic carbocycles. The fourth-order valence-corrected chi connectivity index (χ4v) is 2.30. The van der Waals surface area contributed by atoms with Gasteiger partial charge in [-0.1, -0.05) is 17.7 Å². The first-order chi connectivity index (χ1) is 13.5. The second-order valence-corrected chi connectivity index (χ2v) is 5.96. The standard InChI is InChI=1S/C21H17N3O4/c1-14-3-2-4-16(13-14)21(27)28-24-18-9-7-17(8-10-18)22-23-20(26)15-5-11-19(25)12-6-15/h2-13,24-25H,1H3. The van der Waals surface area contributed by atoms with E-state index in [4.69, 9.17) is 4.84 Å². The molecular weight excluding hydrogens is 358 g/mol. The normalized spacial score (nSPS) is 10.6. The molecule has 0 radical (unpaired) electrons. The van der Waals surface area contributed by atoms with Crippen molar-refractivity contribution in [3.8, 4) is 5.75 Å². The van der Waals surface area contributed by atoms with Gasteiger partial charge in [-0.15, -0.1) is 10.2 Å². The van der Waals surface area contributed by atoms with Crippen LogP contribution in [-0.4, -0.2) is 17.0 Å². The lowest BCUT2D eigenvalue weighted by Gasteiger charge is -2.07. The van der Waals surface area contributed by atoms with Crippen LogP contribution in [0.4, 0.5) is 11.4 Å². The lowest BCUT2D eigenvalue weighted by molar-refractivity contribution is 0.0596. The van der Waals surface area contributed by atoms with Crippen molar-refractivity contribution < 1.29 is 19.5 Å². The first-order valence-electron chi connectivity index (χ1n) is 8.40. The summed E-state index contributed by atoms with van der Waals surface area (Å²) in [5, 5.41) is 16.7. The second-order valence-electron chi connectivity index (χ2n) is 5.96. The highest BCUT2D eigenvalue weighted by Gasteiger charge is 2.07. The van der Waals surface area contributed by atoms with E-state index in [0.29, 0.717) is 22.5 Å². The SMILES string of the molecule is Cc1cccc(C(=O)ONc2ccc(N=NC(=O)c3ccc(O)cc3)cc2)c1. The number of nitrogens with zero attached hydrogens (tertiary/aromatic N) is 2. The van der Waals surface area contributed by atoms with E-state index in [-0.39, 0.29) is 5.75 Å². The molecule has 0 aliphatic carbocycles. The molecule has 0 fully saturated rings. The van der Waals surface area contributed by atoms with Gasteiger partial charge in [-0.05, 0) is 67.6 Å². The molecule has 0 aliphatic rings. The minimum atomic E-state index is -0.519. The maximum atomic E-state index is 12.0. The molecule has 7 nitrogen and oxygen atoms in total. The zero-order valence-corrected chi connectivity index (χ0v) is 15.0. The molecule has 3 rings (SSSR count). The van der Waals surface area contributed by atoms with E-state index in [2.05, 4.69) is 15.7 Å². The summed E-state index contributed by atoms with van der Waals surface area (Å²) in [6.07, 6.45) is 0. The Morgan fingerprint density at radius 1 is 0.929 bits per heavy atom. The van der Waals surface area contributed by atoms with Crippen LogP contribution < -0.4 is 5.48 Å². The molecule has 3 aromatic rings. The van der Waals surface area contributed by atoms with Crippen LogP contribution >= 0.6 is 0 Å². The lowest BCUT2D eigenvalue weighted by Crippen LogP contribution is -2.10. The van der Waals surface area contributed by atoms with Crippen molar-refractivity contribution in [2.45, 2.75) is 6.92 Å². The molecule has 0 aliphatic heterocycles. The predicted molar refractivity (Wildman–Crippen MR) is 104 cm³/mol. The Bertz CT molecular complexity index is 1010. The lowest BCUT2D eigenvalue weighted by atomic mass is 10.1. The topological polar surface area (TPSA) is 100 Å². The Kier molecular flexibility index (Phi) is 5.76. The zero-order valence-electron chi connectivity index (χ0n) is 15.0. The summed E-state index contributed by atoms with van der Waals surface area (Å²) in [5.41, 5.74) is 5.32. The molecule has 2 N–H and O–H groups in total. The smallest absolute Gasteiger partial charge is 0.362 e. The van der Waals surface area contributed by atoms with Gasteiger partial charge < -0.3 is 9.94 Å². The number of nitrogens with one attached hydrogen (secondary N) is 1. The van der Waals surface area contributed by atoms with Gasteiger partial charge in [0, 0.05) is 5.56 Å². The van der Waals surface area contributed by atoms with Gasteiger partial charge >= 0.3 is 5.97 Å². The number of rotatable bonds is 5. The van der Waals surface area contributed by atoms with E-state index in [1.54, 1.807) is 42.5 Å². The highest BCUT2D eigenvalue weighted by atomic mass is 16.7. The van der Waals surface area contributed by atoms with Gasteiger partial charge in [0.15, 0.2) is 0 Å². The quantitative estimate of drug-likeness (QED) is 0.492. The van der Waals surface area contributed by atoms with Gasteiger partial charge in [0.1, 0.15) is 5.75 Å². The Labute approximate surface area is 161 Å². The third-order valence-electron chi connectivity index (χ3n) is 3.75. The van der Waals surface area contributed by atoms with Crippen molar-refractivity contribution in [3.63, 3.8) is 0 Å². The van der Waals surface area contributed by atoms with Gasteiger partial charge in [0.25, 0.3) is 5.91 Å². The van der Waals surface area contributed by atoms with Crippen molar-refractivity contribution in [1.29, 1.82) is 0 Å². The number of phenolic OH excluding ortho intramolecular Hbond substituents is 1. The number of aromatic hydroxyl groups is 1. The molecule has 1 amide bonds. The van der Waals surface area contributed by atoms with Crippen molar-refractivity contribution in [3.05, 3.63) is 89.5 Å². The molecule has 0 aromatic heterocycles. The van der Waals surface area contributed by atoms with E-state index in [1.165, 1.54) is 24.3 Å². The van der Waals surface area contributed by atoms with E-state index < -0.39 is 11.9 Å². The predicted octanol–water partition coefficient (Wildman–Crippen LogP) is 4.81. The number of carbonyl (C=O) groups is 2. The molecule has 0 saturated carbocycles. The Morgan fingerprint density at radius 3 is 2.32 bits per heavy atom. The van der Waals surface area contributed by atoms with E-state index in [0.717, 1.165) is 5.56 Å². The summed E-state index contributed by atoms with van der Waals surface area (Å²) in [6.45, 7) is 1.89. The van der Waals surface area contributed by atoms with E-state index >= 15 is 0 Å². The fourth-order valence-electron chi connectivity index (χ4n) is 2.30. The molecule has 0 heterocycles. The fraction of sp³-hybridized carbons (Fsp3) is 0.0476. The highest BCUT2D eigenvalue weighted by Crippen LogP contribution is 2.18. The Balaban J connectivity index is 1.56. The van der Waals surface area contributed by atoms with Crippen LogP contribution in [0.2, 0.25) is 0 Å². The van der Waals surface area contributed by atoms with Crippen molar-refractivity contribution in [2.24, 2.45) is 10.2 Å². The summed E-state index contributed by atoms with van der Waals surface area (Å²) in [6, 6.07) is 19.3. The molecule has 0 atom stereocenters. The Hall–Kier alpha value is -4.00. The van der Waals surface area contributed by atoms with Gasteiger partial charge in [0.05, 0.1) is 16.9 Å². The van der Waals surface area contributed by atoms with Crippen LogP contribution in [0.3, 0.4) is 0 Å². The maximum absolute atomic E-state index is 12.0. The number of carbonyl (C=O) groups excluding carboxylic acids is 2. The summed E-state index contributed by atoms with van der Waals surface area (Å²) >= 11 is 0. The third-order valence-corrected chi connectivity index (χ3v) is 3.75. The molecule has 7 heteroatoms. The van der Waals surface area contributed by atoms with Crippen molar-refractivity contribution in [1.82, 2.24) is 0 Å². The number of hydrogen-bond acceptors (Lipinski definition) is 6. The number of hydrogen-bond donors (Lipinski definition) is 2. The van der Waals surface area contributed by atoms with Crippen molar-refractivity contribution >= 4 is 23.3 Å². The van der Waals surface area contributed by atoms with Gasteiger partial charge in [-0.2, -0.15) is 0 Å². The van der Waals surface area contributed by atoms with Gasteiger partial charge in [-0.25, -0.2) is 10.3 Å². The van der Waals surface area contributed by atoms with Gasteiger partial charge in [-0.3, -0.25) is 4.79 Å². The van der Waals surface area contributed by atoms with Crippen LogP contribution in [-0.2, 0) is 4.84 Å². The average molecular weight is 375 g/mol. The summed E-state index contributed by atoms with van der Waals surface area (Å²) < 4.78 is 0. The Morgan fingerprint density at radius 2 is 1.64 bits per heavy atom. The number of aryl methyl sites for hydroxylation is 1. The molecule has 0 bridgehead atoms. The van der Waals surface area contributed by atoms with Crippen molar-refractivity contribution in [2.75, 3.05) is 5.48 Å². The van der Waals surface area contributed by atoms with E-state index in [1.807, 2.05) is 13.0 Å². The zero-order chi connectivity index (χ0) is 19.9. The monoisotopic (exact) mass is 375 g/mol. The number of azo groups is 1. The molecule has 0 saturated heterocycles. The number of benzene rings is 3. The maximum Gasteiger partial charge on any atom is 0.362 e. The first-order valence-corrected chi connectivity index (χ1v) is 8.40. The molecule has 0 unspecified atom stereocenters. The van der Waals surface area contributed by atoms with Crippen LogP contribution in [0.25, 0.3) is 0 Å². The molecule has 0 spiro atoms. The van der Waals surface area contributed by atoms with Crippen LogP contribution in [0.1, 0.15) is 26.3 Å². The molecular formula is C21H17N3O4. The molecule has 140 valence electrons.